The lowest BCUT2D eigenvalue weighted by Gasteiger charge is -2.12. The van der Waals surface area contributed by atoms with Gasteiger partial charge in [-0.25, -0.2) is 4.39 Å². The van der Waals surface area contributed by atoms with Gasteiger partial charge >= 0.3 is 0 Å². The first-order valence-electron chi connectivity index (χ1n) is 12.7. The third-order valence-electron chi connectivity index (χ3n) is 6.77. The summed E-state index contributed by atoms with van der Waals surface area (Å²) < 4.78 is 18.0. The Labute approximate surface area is 229 Å². The molecule has 0 aliphatic carbocycles. The van der Waals surface area contributed by atoms with E-state index in [0.717, 1.165) is 66.6 Å². The molecule has 0 radical (unpaired) electrons. The molecule has 0 saturated heterocycles. The van der Waals surface area contributed by atoms with E-state index in [1.54, 1.807) is 18.2 Å². The number of aromatic nitrogens is 3. The molecule has 0 saturated carbocycles. The molecule has 5 rings (SSSR count). The van der Waals surface area contributed by atoms with Crippen LogP contribution >= 0.6 is 9.39 Å². The summed E-state index contributed by atoms with van der Waals surface area (Å²) in [6, 6.07) is 19.6. The Balaban J connectivity index is 1.59. The lowest BCUT2D eigenvalue weighted by Crippen LogP contribution is -2.08. The van der Waals surface area contributed by atoms with Crippen LogP contribution in [0.3, 0.4) is 0 Å². The standard InChI is InChI=1S/C33H33FN4S/c1-7-10-21(3)26(8-2)23-13-14-31-29(18-23)33(38-37-31)32-19-28-27(11-9-12-30(28)36-32)24-15-22(16-25(34)17-24)20-35-39(4,5)6/h7-19,35-36H,1,4-5,20H2,2-3,6H3,(H,37,38)/b21-10-,26-8+. The Morgan fingerprint density at radius 2 is 1.87 bits per heavy atom. The third kappa shape index (κ3) is 5.53. The van der Waals surface area contributed by atoms with Crippen molar-refractivity contribution < 1.29 is 4.39 Å². The molecule has 4 nitrogen and oxygen atoms in total. The molecule has 2 heterocycles. The molecule has 0 aliphatic heterocycles. The van der Waals surface area contributed by atoms with Crippen LogP contribution in [0, 0.1) is 5.82 Å². The molecule has 0 atom stereocenters. The number of aromatic amines is 2. The fourth-order valence-corrected chi connectivity index (χ4v) is 5.49. The molecule has 0 aliphatic rings. The minimum absolute atomic E-state index is 0.270. The van der Waals surface area contributed by atoms with Gasteiger partial charge in [0, 0.05) is 22.8 Å². The summed E-state index contributed by atoms with van der Waals surface area (Å²) >= 11 is 0. The van der Waals surface area contributed by atoms with E-state index in [2.05, 4.69) is 75.5 Å². The highest BCUT2D eigenvalue weighted by Gasteiger charge is 2.15. The SMILES string of the molecule is C=C/C=C(C)\C(=C/C)c1ccc2[nH]nc(-c3cc4c(-c5cc(F)cc(CNS(=C)(=C)C)c5)cccc4[nH]3)c2c1. The molecular formula is C33H33FN4S. The maximum Gasteiger partial charge on any atom is 0.124 e. The smallest absolute Gasteiger partial charge is 0.124 e. The minimum Gasteiger partial charge on any atom is -0.353 e. The van der Waals surface area contributed by atoms with Crippen LogP contribution in [0.1, 0.15) is 25.0 Å². The highest BCUT2D eigenvalue weighted by atomic mass is 32.2. The maximum absolute atomic E-state index is 14.7. The Kier molecular flexibility index (Phi) is 7.17. The van der Waals surface area contributed by atoms with Gasteiger partial charge in [0.05, 0.1) is 11.2 Å². The summed E-state index contributed by atoms with van der Waals surface area (Å²) in [5, 5.41) is 9.87. The molecule has 3 aromatic carbocycles. The average molecular weight is 537 g/mol. The molecule has 0 spiro atoms. The number of H-pyrrole nitrogens is 2. The second-order valence-corrected chi connectivity index (χ2v) is 12.9. The van der Waals surface area contributed by atoms with E-state index in [0.29, 0.717) is 6.54 Å². The lowest BCUT2D eigenvalue weighted by molar-refractivity contribution is 0.625. The largest absolute Gasteiger partial charge is 0.353 e. The van der Waals surface area contributed by atoms with Crippen molar-refractivity contribution in [3.8, 4) is 22.5 Å². The van der Waals surface area contributed by atoms with Crippen molar-refractivity contribution in [1.29, 1.82) is 0 Å². The summed E-state index contributed by atoms with van der Waals surface area (Å²) in [4.78, 5) is 3.54. The quantitative estimate of drug-likeness (QED) is 0.138. The van der Waals surface area contributed by atoms with Crippen molar-refractivity contribution in [3.63, 3.8) is 0 Å². The summed E-state index contributed by atoms with van der Waals surface area (Å²) in [6.07, 6.45) is 7.90. The number of fused-ring (bicyclic) bond motifs is 2. The van der Waals surface area contributed by atoms with E-state index in [1.807, 2.05) is 43.5 Å². The predicted octanol–water partition coefficient (Wildman–Crippen LogP) is 8.36. The van der Waals surface area contributed by atoms with E-state index in [9.17, 15) is 4.39 Å². The van der Waals surface area contributed by atoms with E-state index in [4.69, 9.17) is 0 Å². The van der Waals surface area contributed by atoms with E-state index >= 15 is 0 Å². The second-order valence-electron chi connectivity index (χ2n) is 10.0. The monoisotopic (exact) mass is 536 g/mol. The molecule has 0 amide bonds. The number of nitrogens with one attached hydrogen (secondary N) is 3. The first kappa shape index (κ1) is 26.5. The van der Waals surface area contributed by atoms with Gasteiger partial charge in [-0.3, -0.25) is 9.82 Å². The number of hydrogen-bond donors (Lipinski definition) is 3. The first-order valence-corrected chi connectivity index (χ1v) is 15.1. The summed E-state index contributed by atoms with van der Waals surface area (Å²) in [7, 11) is -1.40. The molecule has 3 N–H and O–H groups in total. The van der Waals surface area contributed by atoms with Crippen LogP contribution in [-0.2, 0) is 6.54 Å². The van der Waals surface area contributed by atoms with Crippen LogP contribution < -0.4 is 4.72 Å². The topological polar surface area (TPSA) is 56.5 Å². The zero-order valence-electron chi connectivity index (χ0n) is 22.6. The van der Waals surface area contributed by atoms with Crippen LogP contribution in [0.15, 0.2) is 91.0 Å². The molecule has 0 unspecified atom stereocenters. The Morgan fingerprint density at radius 1 is 1.05 bits per heavy atom. The third-order valence-corrected chi connectivity index (χ3v) is 7.61. The fourth-order valence-electron chi connectivity index (χ4n) is 4.98. The molecule has 2 aromatic heterocycles. The summed E-state index contributed by atoms with van der Waals surface area (Å²) in [5.74, 6) is 7.85. The number of nitrogens with zero attached hydrogens (tertiary/aromatic N) is 1. The van der Waals surface area contributed by atoms with Crippen LogP contribution in [0.25, 0.3) is 49.9 Å². The first-order chi connectivity index (χ1) is 18.7. The molecule has 6 heteroatoms. The van der Waals surface area contributed by atoms with E-state index in [-0.39, 0.29) is 5.82 Å². The zero-order valence-corrected chi connectivity index (χ0v) is 23.4. The maximum atomic E-state index is 14.7. The van der Waals surface area contributed by atoms with Crippen molar-refractivity contribution in [2.45, 2.75) is 20.4 Å². The van der Waals surface area contributed by atoms with Gasteiger partial charge in [-0.2, -0.15) is 14.5 Å². The number of halogens is 1. The van der Waals surface area contributed by atoms with Crippen LogP contribution in [0.4, 0.5) is 4.39 Å². The molecule has 39 heavy (non-hydrogen) atoms. The van der Waals surface area contributed by atoms with Gasteiger partial charge in [-0.1, -0.05) is 54.7 Å². The number of benzene rings is 3. The number of allylic oxidation sites excluding steroid dienone is 5. The molecule has 0 fully saturated rings. The van der Waals surface area contributed by atoms with Crippen molar-refractivity contribution in [2.75, 3.05) is 6.26 Å². The van der Waals surface area contributed by atoms with Crippen LogP contribution in [0.5, 0.6) is 0 Å². The lowest BCUT2D eigenvalue weighted by atomic mass is 9.96. The van der Waals surface area contributed by atoms with Gasteiger partial charge in [0.1, 0.15) is 11.5 Å². The van der Waals surface area contributed by atoms with Gasteiger partial charge in [0.2, 0.25) is 0 Å². The van der Waals surface area contributed by atoms with Crippen molar-refractivity contribution in [3.05, 3.63) is 108 Å². The minimum atomic E-state index is -1.40. The molecular weight excluding hydrogens is 503 g/mol. The number of hydrogen-bond acceptors (Lipinski definition) is 2. The van der Waals surface area contributed by atoms with Crippen molar-refractivity contribution >= 4 is 48.5 Å². The summed E-state index contributed by atoms with van der Waals surface area (Å²) in [6.45, 7) is 8.47. The van der Waals surface area contributed by atoms with Gasteiger partial charge in [-0.15, -0.1) is 0 Å². The summed E-state index contributed by atoms with van der Waals surface area (Å²) in [5.41, 5.74) is 9.71. The van der Waals surface area contributed by atoms with Gasteiger partial charge in [0.15, 0.2) is 0 Å². The van der Waals surface area contributed by atoms with E-state index < -0.39 is 9.39 Å². The van der Waals surface area contributed by atoms with E-state index in [1.165, 1.54) is 0 Å². The van der Waals surface area contributed by atoms with Crippen LogP contribution in [-0.4, -0.2) is 33.2 Å². The average Bonchev–Trinajstić information content (AvgIpc) is 3.51. The molecule has 198 valence electrons. The molecule has 5 aromatic rings. The van der Waals surface area contributed by atoms with Crippen LogP contribution in [0.2, 0.25) is 0 Å². The Hall–Kier alpha value is -4.13. The normalized spacial score (nSPS) is 12.9. The Bertz CT molecular complexity index is 1880. The fraction of sp³-hybridized carbons (Fsp3) is 0.121. The van der Waals surface area contributed by atoms with Crippen molar-refractivity contribution in [1.82, 2.24) is 19.9 Å². The van der Waals surface area contributed by atoms with Gasteiger partial charge < -0.3 is 4.98 Å². The highest BCUT2D eigenvalue weighted by Crippen LogP contribution is 2.36. The predicted molar refractivity (Wildman–Crippen MR) is 171 cm³/mol. The molecule has 0 bridgehead atoms. The van der Waals surface area contributed by atoms with Gasteiger partial charge in [-0.05, 0) is 96.0 Å². The second kappa shape index (κ2) is 10.6. The Morgan fingerprint density at radius 3 is 2.62 bits per heavy atom. The zero-order chi connectivity index (χ0) is 27.7. The highest BCUT2D eigenvalue weighted by molar-refractivity contribution is 8.25. The van der Waals surface area contributed by atoms with Gasteiger partial charge in [0.25, 0.3) is 0 Å². The van der Waals surface area contributed by atoms with Crippen molar-refractivity contribution in [2.24, 2.45) is 0 Å². The number of rotatable bonds is 8.